The van der Waals surface area contributed by atoms with Gasteiger partial charge in [-0.05, 0) is 25.0 Å². The van der Waals surface area contributed by atoms with Crippen molar-refractivity contribution in [3.63, 3.8) is 0 Å². The Balaban J connectivity index is 1.94. The number of hydrogen-bond acceptors (Lipinski definition) is 4. The molecule has 1 aromatic carbocycles. The zero-order valence-electron chi connectivity index (χ0n) is 11.6. The van der Waals surface area contributed by atoms with Gasteiger partial charge in [-0.25, -0.2) is 5.43 Å². The van der Waals surface area contributed by atoms with E-state index in [1.807, 2.05) is 0 Å². The number of amides is 1. The second-order valence-corrected chi connectivity index (χ2v) is 4.97. The Kier molecular flexibility index (Phi) is 4.98. The highest BCUT2D eigenvalue weighted by Gasteiger charge is 2.20. The summed E-state index contributed by atoms with van der Waals surface area (Å²) in [4.78, 5) is 11.9. The standard InChI is InChI=1S/C15H20N2O3/c1-20-13-9-5-8-12(14(13)18)10-16-17-15(19)11-6-3-2-4-7-11/h5,8-11,18H,2-4,6-7H2,1H3,(H,17,19). The molecule has 0 heterocycles. The maximum Gasteiger partial charge on any atom is 0.243 e. The lowest BCUT2D eigenvalue weighted by atomic mass is 9.89. The van der Waals surface area contributed by atoms with Crippen molar-refractivity contribution in [1.29, 1.82) is 0 Å². The lowest BCUT2D eigenvalue weighted by Crippen LogP contribution is -2.28. The molecule has 0 spiro atoms. The quantitative estimate of drug-likeness (QED) is 0.655. The fourth-order valence-corrected chi connectivity index (χ4v) is 2.43. The van der Waals surface area contributed by atoms with Crippen LogP contribution in [-0.4, -0.2) is 24.3 Å². The molecule has 0 radical (unpaired) electrons. The number of methoxy groups -OCH3 is 1. The number of carbonyl (C=O) groups is 1. The molecule has 0 unspecified atom stereocenters. The molecule has 5 heteroatoms. The van der Waals surface area contributed by atoms with Gasteiger partial charge in [0.1, 0.15) is 0 Å². The number of phenolic OH excluding ortho intramolecular Hbond substituents is 1. The number of aromatic hydroxyl groups is 1. The van der Waals surface area contributed by atoms with Crippen LogP contribution >= 0.6 is 0 Å². The van der Waals surface area contributed by atoms with Crippen molar-refractivity contribution in [2.45, 2.75) is 32.1 Å². The number of benzene rings is 1. The van der Waals surface area contributed by atoms with Crippen LogP contribution in [0, 0.1) is 5.92 Å². The van der Waals surface area contributed by atoms with Crippen LogP contribution < -0.4 is 10.2 Å². The first-order valence-corrected chi connectivity index (χ1v) is 6.91. The second-order valence-electron chi connectivity index (χ2n) is 4.97. The smallest absolute Gasteiger partial charge is 0.243 e. The number of para-hydroxylation sites is 1. The minimum absolute atomic E-state index is 0.0191. The predicted molar refractivity (Wildman–Crippen MR) is 77.0 cm³/mol. The minimum Gasteiger partial charge on any atom is -0.504 e. The summed E-state index contributed by atoms with van der Waals surface area (Å²) in [5, 5.41) is 13.8. The van der Waals surface area contributed by atoms with Crippen molar-refractivity contribution in [1.82, 2.24) is 5.43 Å². The SMILES string of the molecule is COc1cccc(C=NNC(=O)C2CCCCC2)c1O. The van der Waals surface area contributed by atoms with Crippen molar-refractivity contribution in [2.75, 3.05) is 7.11 Å². The molecular formula is C15H20N2O3. The highest BCUT2D eigenvalue weighted by molar-refractivity contribution is 5.86. The molecule has 0 aromatic heterocycles. The van der Waals surface area contributed by atoms with E-state index in [1.165, 1.54) is 19.7 Å². The van der Waals surface area contributed by atoms with Crippen molar-refractivity contribution < 1.29 is 14.6 Å². The molecule has 108 valence electrons. The molecule has 1 aliphatic rings. The number of phenols is 1. The fourth-order valence-electron chi connectivity index (χ4n) is 2.43. The Morgan fingerprint density at radius 3 is 2.85 bits per heavy atom. The Bertz CT molecular complexity index is 494. The molecule has 5 nitrogen and oxygen atoms in total. The number of hydrogen-bond donors (Lipinski definition) is 2. The number of ether oxygens (including phenoxy) is 1. The van der Waals surface area contributed by atoms with Crippen molar-refractivity contribution >= 4 is 12.1 Å². The lowest BCUT2D eigenvalue weighted by Gasteiger charge is -2.19. The van der Waals surface area contributed by atoms with Crippen molar-refractivity contribution in [2.24, 2.45) is 11.0 Å². The molecule has 0 saturated heterocycles. The molecule has 1 amide bonds. The summed E-state index contributed by atoms with van der Waals surface area (Å²) in [6.45, 7) is 0. The average molecular weight is 276 g/mol. The van der Waals surface area contributed by atoms with E-state index in [9.17, 15) is 9.90 Å². The third kappa shape index (κ3) is 3.50. The first-order chi connectivity index (χ1) is 9.72. The number of hydrazone groups is 1. The molecule has 1 aromatic rings. The van der Waals surface area contributed by atoms with Gasteiger partial charge in [0.25, 0.3) is 0 Å². The zero-order valence-corrected chi connectivity index (χ0v) is 11.6. The molecule has 0 bridgehead atoms. The topological polar surface area (TPSA) is 70.9 Å². The van der Waals surface area contributed by atoms with Gasteiger partial charge in [0.2, 0.25) is 5.91 Å². The van der Waals surface area contributed by atoms with E-state index < -0.39 is 0 Å². The molecule has 1 saturated carbocycles. The van der Waals surface area contributed by atoms with Crippen LogP contribution in [0.2, 0.25) is 0 Å². The van der Waals surface area contributed by atoms with Crippen LogP contribution in [0.1, 0.15) is 37.7 Å². The summed E-state index contributed by atoms with van der Waals surface area (Å²) in [7, 11) is 1.49. The van der Waals surface area contributed by atoms with Gasteiger partial charge in [-0.2, -0.15) is 5.10 Å². The summed E-state index contributed by atoms with van der Waals surface area (Å²) < 4.78 is 5.01. The first-order valence-electron chi connectivity index (χ1n) is 6.91. The average Bonchev–Trinajstić information content (AvgIpc) is 2.49. The van der Waals surface area contributed by atoms with E-state index in [1.54, 1.807) is 18.2 Å². The highest BCUT2D eigenvalue weighted by atomic mass is 16.5. The third-order valence-electron chi connectivity index (χ3n) is 3.60. The van der Waals surface area contributed by atoms with E-state index in [2.05, 4.69) is 10.5 Å². The Morgan fingerprint density at radius 1 is 1.40 bits per heavy atom. The van der Waals surface area contributed by atoms with E-state index in [0.717, 1.165) is 25.7 Å². The van der Waals surface area contributed by atoms with Gasteiger partial charge in [0, 0.05) is 11.5 Å². The largest absolute Gasteiger partial charge is 0.504 e. The molecular weight excluding hydrogens is 256 g/mol. The number of carbonyl (C=O) groups excluding carboxylic acids is 1. The lowest BCUT2D eigenvalue weighted by molar-refractivity contribution is -0.125. The van der Waals surface area contributed by atoms with Crippen LogP contribution in [0.3, 0.4) is 0 Å². The molecule has 0 aliphatic heterocycles. The fraction of sp³-hybridized carbons (Fsp3) is 0.467. The van der Waals surface area contributed by atoms with Crippen molar-refractivity contribution in [3.8, 4) is 11.5 Å². The molecule has 2 rings (SSSR count). The molecule has 1 fully saturated rings. The van der Waals surface area contributed by atoms with Gasteiger partial charge in [-0.15, -0.1) is 0 Å². The summed E-state index contributed by atoms with van der Waals surface area (Å²) in [6.07, 6.45) is 6.73. The van der Waals surface area contributed by atoms with Crippen LogP contribution in [0.15, 0.2) is 23.3 Å². The van der Waals surface area contributed by atoms with E-state index >= 15 is 0 Å². The molecule has 1 aliphatic carbocycles. The van der Waals surface area contributed by atoms with Crippen LogP contribution in [0.4, 0.5) is 0 Å². The summed E-state index contributed by atoms with van der Waals surface area (Å²) in [6, 6.07) is 5.12. The molecule has 2 N–H and O–H groups in total. The third-order valence-corrected chi connectivity index (χ3v) is 3.60. The van der Waals surface area contributed by atoms with Gasteiger partial charge in [-0.1, -0.05) is 25.3 Å². The summed E-state index contributed by atoms with van der Waals surface area (Å²) in [5.74, 6) is 0.432. The molecule has 0 atom stereocenters. The van der Waals surface area contributed by atoms with Gasteiger partial charge in [0.15, 0.2) is 11.5 Å². The van der Waals surface area contributed by atoms with E-state index in [0.29, 0.717) is 11.3 Å². The normalized spacial score (nSPS) is 16.2. The Morgan fingerprint density at radius 2 is 2.15 bits per heavy atom. The Labute approximate surface area is 118 Å². The minimum atomic E-state index is -0.0386. The van der Waals surface area contributed by atoms with Crippen LogP contribution in [0.5, 0.6) is 11.5 Å². The van der Waals surface area contributed by atoms with Crippen LogP contribution in [-0.2, 0) is 4.79 Å². The zero-order chi connectivity index (χ0) is 14.4. The van der Waals surface area contributed by atoms with Gasteiger partial charge >= 0.3 is 0 Å². The maximum atomic E-state index is 11.9. The molecule has 20 heavy (non-hydrogen) atoms. The van der Waals surface area contributed by atoms with Gasteiger partial charge in [0.05, 0.1) is 13.3 Å². The highest BCUT2D eigenvalue weighted by Crippen LogP contribution is 2.28. The second kappa shape index (κ2) is 6.93. The van der Waals surface area contributed by atoms with Gasteiger partial charge in [-0.3, -0.25) is 4.79 Å². The van der Waals surface area contributed by atoms with E-state index in [-0.39, 0.29) is 17.6 Å². The predicted octanol–water partition coefficient (Wildman–Crippen LogP) is 2.43. The van der Waals surface area contributed by atoms with Crippen molar-refractivity contribution in [3.05, 3.63) is 23.8 Å². The Hall–Kier alpha value is -2.04. The number of nitrogens with zero attached hydrogens (tertiary/aromatic N) is 1. The van der Waals surface area contributed by atoms with Gasteiger partial charge < -0.3 is 9.84 Å². The van der Waals surface area contributed by atoms with E-state index in [4.69, 9.17) is 4.74 Å². The number of nitrogens with one attached hydrogen (secondary N) is 1. The first kappa shape index (κ1) is 14.4. The number of rotatable bonds is 4. The summed E-state index contributed by atoms with van der Waals surface area (Å²) >= 11 is 0. The monoisotopic (exact) mass is 276 g/mol. The van der Waals surface area contributed by atoms with Crippen LogP contribution in [0.25, 0.3) is 0 Å². The summed E-state index contributed by atoms with van der Waals surface area (Å²) in [5.41, 5.74) is 3.05. The maximum absolute atomic E-state index is 11.9.